The third kappa shape index (κ3) is 2.75. The molecule has 0 aliphatic heterocycles. The van der Waals surface area contributed by atoms with E-state index in [2.05, 4.69) is 0 Å². The van der Waals surface area contributed by atoms with Crippen LogP contribution in [0.2, 0.25) is 0 Å². The molecule has 0 aromatic heterocycles. The summed E-state index contributed by atoms with van der Waals surface area (Å²) in [5.74, 6) is -1.07. The summed E-state index contributed by atoms with van der Waals surface area (Å²) < 4.78 is 0. The quantitative estimate of drug-likeness (QED) is 0.845. The van der Waals surface area contributed by atoms with Crippen LogP contribution in [-0.4, -0.2) is 16.9 Å². The number of Topliss-reactive ketones (excluding diaryl/α,β-unsaturated/α-hetero) is 1. The molecule has 0 saturated heterocycles. The molecule has 100 valence electrons. The Kier molecular flexibility index (Phi) is 3.84. The molecule has 1 N–H and O–H groups in total. The Hall–Kier alpha value is -1.90. The van der Waals surface area contributed by atoms with Crippen molar-refractivity contribution in [1.82, 2.24) is 0 Å². The third-order valence-corrected chi connectivity index (χ3v) is 3.63. The van der Waals surface area contributed by atoms with Gasteiger partial charge in [-0.15, -0.1) is 0 Å². The maximum atomic E-state index is 12.5. The lowest BCUT2D eigenvalue weighted by Crippen LogP contribution is -2.16. The normalized spacial score (nSPS) is 15.5. The minimum atomic E-state index is -0.951. The molecule has 1 aliphatic rings. The summed E-state index contributed by atoms with van der Waals surface area (Å²) >= 11 is 0. The average molecular weight is 258 g/mol. The number of benzene rings is 1. The van der Waals surface area contributed by atoms with Gasteiger partial charge < -0.3 is 5.11 Å². The molecule has 2 rings (SSSR count). The molecule has 0 radical (unpaired) electrons. The first kappa shape index (κ1) is 13.5. The van der Waals surface area contributed by atoms with Gasteiger partial charge in [0, 0.05) is 16.7 Å². The average Bonchev–Trinajstić information content (AvgIpc) is 2.38. The van der Waals surface area contributed by atoms with Gasteiger partial charge in [0.2, 0.25) is 0 Å². The van der Waals surface area contributed by atoms with Gasteiger partial charge in [0.15, 0.2) is 5.78 Å². The monoisotopic (exact) mass is 258 g/mol. The van der Waals surface area contributed by atoms with Crippen molar-refractivity contribution < 1.29 is 14.7 Å². The van der Waals surface area contributed by atoms with E-state index in [0.717, 1.165) is 24.0 Å². The minimum absolute atomic E-state index is 0.116. The smallest absolute Gasteiger partial charge is 0.331 e. The number of carbonyl (C=O) groups is 2. The molecule has 3 heteroatoms. The van der Waals surface area contributed by atoms with Crippen LogP contribution in [0.5, 0.6) is 0 Å². The van der Waals surface area contributed by atoms with Gasteiger partial charge >= 0.3 is 5.97 Å². The predicted molar refractivity (Wildman–Crippen MR) is 73.4 cm³/mol. The van der Waals surface area contributed by atoms with E-state index >= 15 is 0 Å². The van der Waals surface area contributed by atoms with Crippen molar-refractivity contribution in [2.75, 3.05) is 0 Å². The summed E-state index contributed by atoms with van der Waals surface area (Å²) in [7, 11) is 0. The third-order valence-electron chi connectivity index (χ3n) is 3.63. The second-order valence-electron chi connectivity index (χ2n) is 5.12. The molecular weight excluding hydrogens is 240 g/mol. The Labute approximate surface area is 113 Å². The number of rotatable bonds is 3. The van der Waals surface area contributed by atoms with Crippen molar-refractivity contribution in [3.05, 3.63) is 46.0 Å². The van der Waals surface area contributed by atoms with E-state index in [0.29, 0.717) is 29.6 Å². The fraction of sp³-hybridized carbons (Fsp3) is 0.375. The lowest BCUT2D eigenvalue weighted by atomic mass is 9.86. The molecule has 0 bridgehead atoms. The topological polar surface area (TPSA) is 54.4 Å². The Bertz CT molecular complexity index is 567. The van der Waals surface area contributed by atoms with Crippen molar-refractivity contribution >= 4 is 11.8 Å². The van der Waals surface area contributed by atoms with Crippen LogP contribution in [0.1, 0.15) is 47.2 Å². The Morgan fingerprint density at radius 2 is 1.68 bits per heavy atom. The van der Waals surface area contributed by atoms with Crippen LogP contribution in [0.4, 0.5) is 0 Å². The fourth-order valence-electron chi connectivity index (χ4n) is 2.62. The van der Waals surface area contributed by atoms with Gasteiger partial charge in [-0.05, 0) is 45.1 Å². The second-order valence-corrected chi connectivity index (χ2v) is 5.12. The molecular formula is C16H18O3. The zero-order chi connectivity index (χ0) is 14.0. The van der Waals surface area contributed by atoms with E-state index in [-0.39, 0.29) is 5.78 Å². The SMILES string of the molecule is Cc1ccc(C(=O)C2=C(C(=O)O)CCCC2)c(C)c1. The number of hydrogen-bond donors (Lipinski definition) is 1. The van der Waals surface area contributed by atoms with Crippen molar-refractivity contribution in [2.45, 2.75) is 39.5 Å². The largest absolute Gasteiger partial charge is 0.478 e. The number of carbonyl (C=O) groups excluding carboxylic acids is 1. The Morgan fingerprint density at radius 1 is 1.05 bits per heavy atom. The first-order valence-corrected chi connectivity index (χ1v) is 6.58. The fourth-order valence-corrected chi connectivity index (χ4v) is 2.62. The summed E-state index contributed by atoms with van der Waals surface area (Å²) in [5, 5.41) is 9.21. The van der Waals surface area contributed by atoms with E-state index in [4.69, 9.17) is 0 Å². The van der Waals surface area contributed by atoms with Gasteiger partial charge in [0.25, 0.3) is 0 Å². The van der Waals surface area contributed by atoms with Crippen LogP contribution in [0, 0.1) is 13.8 Å². The van der Waals surface area contributed by atoms with E-state index < -0.39 is 5.97 Å². The van der Waals surface area contributed by atoms with Gasteiger partial charge in [-0.3, -0.25) is 4.79 Å². The van der Waals surface area contributed by atoms with Gasteiger partial charge in [-0.2, -0.15) is 0 Å². The number of carboxylic acids is 1. The molecule has 1 aromatic carbocycles. The molecule has 0 unspecified atom stereocenters. The van der Waals surface area contributed by atoms with E-state index in [1.165, 1.54) is 0 Å². The summed E-state index contributed by atoms with van der Waals surface area (Å²) in [6.45, 7) is 3.87. The first-order chi connectivity index (χ1) is 9.00. The van der Waals surface area contributed by atoms with Gasteiger partial charge in [0.1, 0.15) is 0 Å². The summed E-state index contributed by atoms with van der Waals surface area (Å²) in [5.41, 5.74) is 3.43. The number of ketones is 1. The van der Waals surface area contributed by atoms with Crippen molar-refractivity contribution in [3.8, 4) is 0 Å². The maximum Gasteiger partial charge on any atom is 0.331 e. The summed E-state index contributed by atoms with van der Waals surface area (Å²) in [4.78, 5) is 23.8. The highest BCUT2D eigenvalue weighted by Crippen LogP contribution is 2.28. The maximum absolute atomic E-state index is 12.5. The van der Waals surface area contributed by atoms with Gasteiger partial charge in [0.05, 0.1) is 0 Å². The van der Waals surface area contributed by atoms with Crippen molar-refractivity contribution in [3.63, 3.8) is 0 Å². The zero-order valence-corrected chi connectivity index (χ0v) is 11.3. The Balaban J connectivity index is 2.45. The van der Waals surface area contributed by atoms with E-state index in [1.54, 1.807) is 6.07 Å². The number of hydrogen-bond acceptors (Lipinski definition) is 2. The highest BCUT2D eigenvalue weighted by atomic mass is 16.4. The van der Waals surface area contributed by atoms with E-state index in [1.807, 2.05) is 26.0 Å². The van der Waals surface area contributed by atoms with Gasteiger partial charge in [-0.25, -0.2) is 4.79 Å². The van der Waals surface area contributed by atoms with Crippen LogP contribution in [-0.2, 0) is 4.79 Å². The number of carboxylic acid groups (broad SMARTS) is 1. The standard InChI is InChI=1S/C16H18O3/c1-10-7-8-12(11(2)9-10)15(17)13-5-3-4-6-14(13)16(18)19/h7-9H,3-6H2,1-2H3,(H,18,19). The lowest BCUT2D eigenvalue weighted by molar-refractivity contribution is -0.133. The molecule has 3 nitrogen and oxygen atoms in total. The van der Waals surface area contributed by atoms with Gasteiger partial charge in [-0.1, -0.05) is 23.8 Å². The molecule has 0 saturated carbocycles. The summed E-state index contributed by atoms with van der Waals surface area (Å²) in [6, 6.07) is 5.65. The molecule has 0 fully saturated rings. The van der Waals surface area contributed by atoms with Crippen LogP contribution >= 0.6 is 0 Å². The molecule has 0 heterocycles. The van der Waals surface area contributed by atoms with Crippen LogP contribution in [0.15, 0.2) is 29.3 Å². The molecule has 1 aliphatic carbocycles. The number of aryl methyl sites for hydroxylation is 2. The van der Waals surface area contributed by atoms with Crippen LogP contribution in [0.3, 0.4) is 0 Å². The molecule has 0 atom stereocenters. The van der Waals surface area contributed by atoms with Crippen molar-refractivity contribution in [1.29, 1.82) is 0 Å². The highest BCUT2D eigenvalue weighted by molar-refractivity contribution is 6.13. The minimum Gasteiger partial charge on any atom is -0.478 e. The number of aliphatic carboxylic acids is 1. The predicted octanol–water partition coefficient (Wildman–Crippen LogP) is 3.44. The highest BCUT2D eigenvalue weighted by Gasteiger charge is 2.24. The van der Waals surface area contributed by atoms with Crippen molar-refractivity contribution in [2.24, 2.45) is 0 Å². The zero-order valence-electron chi connectivity index (χ0n) is 11.3. The number of allylic oxidation sites excluding steroid dienone is 1. The first-order valence-electron chi connectivity index (χ1n) is 6.58. The Morgan fingerprint density at radius 3 is 2.26 bits per heavy atom. The lowest BCUT2D eigenvalue weighted by Gasteiger charge is -2.17. The van der Waals surface area contributed by atoms with E-state index in [9.17, 15) is 14.7 Å². The summed E-state index contributed by atoms with van der Waals surface area (Å²) in [6.07, 6.45) is 2.82. The second kappa shape index (κ2) is 5.39. The van der Waals surface area contributed by atoms with Crippen LogP contribution < -0.4 is 0 Å². The molecule has 0 spiro atoms. The molecule has 19 heavy (non-hydrogen) atoms. The van der Waals surface area contributed by atoms with Crippen LogP contribution in [0.25, 0.3) is 0 Å². The molecule has 1 aromatic rings. The molecule has 0 amide bonds.